The summed E-state index contributed by atoms with van der Waals surface area (Å²) >= 11 is 5.84. The van der Waals surface area contributed by atoms with E-state index in [0.29, 0.717) is 10.4 Å². The van der Waals surface area contributed by atoms with Crippen LogP contribution < -0.4 is 5.32 Å². The Kier molecular flexibility index (Phi) is 5.71. The molecule has 5 nitrogen and oxygen atoms in total. The van der Waals surface area contributed by atoms with E-state index in [2.05, 4.69) is 0 Å². The van der Waals surface area contributed by atoms with E-state index >= 15 is 0 Å². The first kappa shape index (κ1) is 19.2. The van der Waals surface area contributed by atoms with Crippen LogP contribution in [0.4, 0.5) is 18.9 Å². The molecule has 0 aliphatic rings. The zero-order valence-corrected chi connectivity index (χ0v) is 14.3. The number of hydrogen-bond donors (Lipinski definition) is 1. The van der Waals surface area contributed by atoms with E-state index in [1.165, 1.54) is 18.2 Å². The molecule has 0 aromatic heterocycles. The summed E-state index contributed by atoms with van der Waals surface area (Å²) in [7, 11) is -2.94. The smallest absolute Gasteiger partial charge is 0.244 e. The lowest BCUT2D eigenvalue weighted by Crippen LogP contribution is -2.35. The first-order valence-electron chi connectivity index (χ1n) is 6.79. The maximum absolute atomic E-state index is 13.5. The van der Waals surface area contributed by atoms with E-state index in [-0.39, 0.29) is 9.92 Å². The number of nitrogens with zero attached hydrogens (tertiary/aromatic N) is 1. The van der Waals surface area contributed by atoms with E-state index in [9.17, 15) is 26.4 Å². The third kappa shape index (κ3) is 4.12. The number of likely N-dealkylation sites (N-methyl/N-ethyl adjacent to an activating group) is 1. The number of anilines is 1. The van der Waals surface area contributed by atoms with Crippen LogP contribution in [0.2, 0.25) is 5.02 Å². The number of nitrogens with one attached hydrogen (secondary N) is 1. The summed E-state index contributed by atoms with van der Waals surface area (Å²) in [4.78, 5) is 11.7. The van der Waals surface area contributed by atoms with Gasteiger partial charge in [-0.25, -0.2) is 21.6 Å². The molecule has 10 heteroatoms. The van der Waals surface area contributed by atoms with Gasteiger partial charge in [0.2, 0.25) is 15.9 Å². The van der Waals surface area contributed by atoms with Crippen LogP contribution in [0.5, 0.6) is 0 Å². The molecule has 0 atom stereocenters. The lowest BCUT2D eigenvalue weighted by molar-refractivity contribution is -0.116. The first-order valence-corrected chi connectivity index (χ1v) is 8.60. The molecule has 0 heterocycles. The zero-order valence-electron chi connectivity index (χ0n) is 12.8. The second-order valence-corrected chi connectivity index (χ2v) is 7.38. The van der Waals surface area contributed by atoms with Gasteiger partial charge in [-0.05, 0) is 24.3 Å². The van der Waals surface area contributed by atoms with E-state index in [1.807, 2.05) is 5.32 Å². The van der Waals surface area contributed by atoms with Gasteiger partial charge in [0.05, 0.1) is 17.3 Å². The van der Waals surface area contributed by atoms with Gasteiger partial charge in [-0.2, -0.15) is 4.31 Å². The minimum Gasteiger partial charge on any atom is -0.322 e. The molecule has 0 spiro atoms. The second kappa shape index (κ2) is 7.42. The molecule has 0 radical (unpaired) electrons. The van der Waals surface area contributed by atoms with Gasteiger partial charge >= 0.3 is 0 Å². The third-order valence-electron chi connectivity index (χ3n) is 3.20. The third-order valence-corrected chi connectivity index (χ3v) is 5.50. The van der Waals surface area contributed by atoms with Crippen molar-refractivity contribution < 1.29 is 26.4 Å². The largest absolute Gasteiger partial charge is 0.322 e. The highest BCUT2D eigenvalue weighted by molar-refractivity contribution is 7.89. The predicted molar refractivity (Wildman–Crippen MR) is 86.2 cm³/mol. The van der Waals surface area contributed by atoms with Crippen molar-refractivity contribution in [1.29, 1.82) is 0 Å². The van der Waals surface area contributed by atoms with Gasteiger partial charge in [0, 0.05) is 7.05 Å². The molecule has 2 aromatic rings. The molecule has 0 saturated carbocycles. The number of carbonyl (C=O) groups is 1. The van der Waals surface area contributed by atoms with Gasteiger partial charge in [-0.15, -0.1) is 0 Å². The normalized spacial score (nSPS) is 11.6. The summed E-state index contributed by atoms with van der Waals surface area (Å²) in [5.74, 6) is -5.67. The molecule has 0 aliphatic carbocycles. The van der Waals surface area contributed by atoms with Crippen LogP contribution in [-0.4, -0.2) is 32.2 Å². The minimum absolute atomic E-state index is 0.0265. The molecule has 1 amide bonds. The Morgan fingerprint density at radius 3 is 2.40 bits per heavy atom. The highest BCUT2D eigenvalue weighted by atomic mass is 35.5. The average molecular weight is 393 g/mol. The van der Waals surface area contributed by atoms with Gasteiger partial charge in [-0.3, -0.25) is 4.79 Å². The van der Waals surface area contributed by atoms with E-state index in [4.69, 9.17) is 11.6 Å². The van der Waals surface area contributed by atoms with E-state index in [1.54, 1.807) is 6.07 Å². The molecule has 0 fully saturated rings. The zero-order chi connectivity index (χ0) is 18.8. The van der Waals surface area contributed by atoms with Crippen molar-refractivity contribution in [1.82, 2.24) is 4.31 Å². The number of halogens is 4. The van der Waals surface area contributed by atoms with Gasteiger partial charge in [-0.1, -0.05) is 23.7 Å². The fourth-order valence-electron chi connectivity index (χ4n) is 1.92. The van der Waals surface area contributed by atoms with Crippen LogP contribution in [0.1, 0.15) is 0 Å². The van der Waals surface area contributed by atoms with Crippen molar-refractivity contribution in [3.05, 3.63) is 58.9 Å². The van der Waals surface area contributed by atoms with Crippen LogP contribution >= 0.6 is 11.6 Å². The Morgan fingerprint density at radius 2 is 1.76 bits per heavy atom. The Hall–Kier alpha value is -2.10. The molecule has 0 unspecified atom stereocenters. The SMILES string of the molecule is CN(CC(=O)Nc1ccc(F)c(F)c1F)S(=O)(=O)c1ccccc1Cl. The molecule has 2 aromatic carbocycles. The Labute approximate surface area is 147 Å². The molecule has 2 rings (SSSR count). The van der Waals surface area contributed by atoms with Crippen molar-refractivity contribution in [2.75, 3.05) is 18.9 Å². The number of amides is 1. The van der Waals surface area contributed by atoms with Crippen LogP contribution in [0.15, 0.2) is 41.3 Å². The van der Waals surface area contributed by atoms with Crippen LogP contribution in [-0.2, 0) is 14.8 Å². The van der Waals surface area contributed by atoms with Crippen molar-refractivity contribution in [3.8, 4) is 0 Å². The van der Waals surface area contributed by atoms with Crippen LogP contribution in [0.3, 0.4) is 0 Å². The van der Waals surface area contributed by atoms with Gasteiger partial charge < -0.3 is 5.32 Å². The van der Waals surface area contributed by atoms with Gasteiger partial charge in [0.15, 0.2) is 17.5 Å². The Balaban J connectivity index is 2.15. The molecule has 0 saturated heterocycles. The van der Waals surface area contributed by atoms with E-state index < -0.39 is 45.6 Å². The highest BCUT2D eigenvalue weighted by Gasteiger charge is 2.25. The van der Waals surface area contributed by atoms with Crippen molar-refractivity contribution in [2.45, 2.75) is 4.90 Å². The van der Waals surface area contributed by atoms with E-state index in [0.717, 1.165) is 13.1 Å². The van der Waals surface area contributed by atoms with Crippen molar-refractivity contribution in [3.63, 3.8) is 0 Å². The first-order chi connectivity index (χ1) is 11.6. The molecule has 25 heavy (non-hydrogen) atoms. The maximum atomic E-state index is 13.5. The lowest BCUT2D eigenvalue weighted by Gasteiger charge is -2.17. The summed E-state index contributed by atoms with van der Waals surface area (Å²) in [5, 5.41) is 1.96. The summed E-state index contributed by atoms with van der Waals surface area (Å²) < 4.78 is 65.0. The summed E-state index contributed by atoms with van der Waals surface area (Å²) in [6.07, 6.45) is 0. The highest BCUT2D eigenvalue weighted by Crippen LogP contribution is 2.24. The molecule has 0 aliphatic heterocycles. The van der Waals surface area contributed by atoms with Crippen LogP contribution in [0, 0.1) is 17.5 Å². The van der Waals surface area contributed by atoms with Crippen molar-refractivity contribution >= 4 is 33.2 Å². The fraction of sp³-hybridized carbons (Fsp3) is 0.133. The molecule has 1 N–H and O–H groups in total. The number of carbonyl (C=O) groups excluding carboxylic acids is 1. The number of benzene rings is 2. The monoisotopic (exact) mass is 392 g/mol. The number of rotatable bonds is 5. The Bertz CT molecular complexity index is 922. The Morgan fingerprint density at radius 1 is 1.12 bits per heavy atom. The summed E-state index contributed by atoms with van der Waals surface area (Å²) in [5.41, 5.74) is -0.604. The quantitative estimate of drug-likeness (QED) is 0.795. The standard InChI is InChI=1S/C15H12ClF3N2O3S/c1-21(25(23,24)12-5-3-2-4-9(12)16)8-13(22)20-11-7-6-10(17)14(18)15(11)19/h2-7H,8H2,1H3,(H,20,22). The lowest BCUT2D eigenvalue weighted by atomic mass is 10.3. The fourth-order valence-corrected chi connectivity index (χ4v) is 3.54. The maximum Gasteiger partial charge on any atom is 0.244 e. The molecular weight excluding hydrogens is 381 g/mol. The minimum atomic E-state index is -4.07. The molecule has 0 bridgehead atoms. The summed E-state index contributed by atoms with van der Waals surface area (Å²) in [6.45, 7) is -0.689. The van der Waals surface area contributed by atoms with Gasteiger partial charge in [0.1, 0.15) is 4.90 Å². The topological polar surface area (TPSA) is 66.5 Å². The average Bonchev–Trinajstić information content (AvgIpc) is 2.55. The molecular formula is C15H12ClF3N2O3S. The van der Waals surface area contributed by atoms with Crippen LogP contribution in [0.25, 0.3) is 0 Å². The predicted octanol–water partition coefficient (Wildman–Crippen LogP) is 3.02. The number of hydrogen-bond acceptors (Lipinski definition) is 3. The molecule has 134 valence electrons. The summed E-state index contributed by atoms with van der Waals surface area (Å²) in [6, 6.07) is 7.11. The van der Waals surface area contributed by atoms with Crippen molar-refractivity contribution in [2.24, 2.45) is 0 Å². The number of sulfonamides is 1. The second-order valence-electron chi connectivity index (χ2n) is 4.96. The van der Waals surface area contributed by atoms with Gasteiger partial charge in [0.25, 0.3) is 0 Å².